The predicted octanol–water partition coefficient (Wildman–Crippen LogP) is 2.69. The summed E-state index contributed by atoms with van der Waals surface area (Å²) in [6.45, 7) is 3.64. The summed E-state index contributed by atoms with van der Waals surface area (Å²) in [5.74, 6) is 0.737. The van der Waals surface area contributed by atoms with Crippen LogP contribution in [0.15, 0.2) is 22.7 Å². The molecule has 0 fully saturated rings. The molecule has 1 rings (SSSR count). The molecule has 0 radical (unpaired) electrons. The van der Waals surface area contributed by atoms with Gasteiger partial charge in [0.25, 0.3) is 0 Å². The Hall–Kier alpha value is -0.910. The average Bonchev–Trinajstić information content (AvgIpc) is 2.35. The minimum absolute atomic E-state index is 0.0325. The normalized spacial score (nSPS) is 10.4. The van der Waals surface area contributed by atoms with Crippen molar-refractivity contribution >= 4 is 21.7 Å². The number of Topliss-reactive ketones (excluding diaryl/α,β-unsaturated/α-hetero) is 1. The van der Waals surface area contributed by atoms with Gasteiger partial charge in [-0.15, -0.1) is 0 Å². The third kappa shape index (κ3) is 5.16. The van der Waals surface area contributed by atoms with E-state index >= 15 is 0 Å². The van der Waals surface area contributed by atoms with Crippen molar-refractivity contribution in [1.29, 1.82) is 0 Å². The lowest BCUT2D eigenvalue weighted by Gasteiger charge is -2.09. The molecule has 1 aromatic carbocycles. The zero-order valence-electron chi connectivity index (χ0n) is 10.6. The Bertz CT molecular complexity index is 393. The van der Waals surface area contributed by atoms with Gasteiger partial charge in [0, 0.05) is 12.7 Å². The molecule has 5 heteroatoms. The first-order valence-electron chi connectivity index (χ1n) is 5.65. The van der Waals surface area contributed by atoms with E-state index in [1.807, 2.05) is 0 Å². The molecular weight excluding hydrogens is 300 g/mol. The lowest BCUT2D eigenvalue weighted by atomic mass is 10.1. The predicted molar refractivity (Wildman–Crippen MR) is 72.3 cm³/mol. The van der Waals surface area contributed by atoms with Gasteiger partial charge in [-0.05, 0) is 41.1 Å². The van der Waals surface area contributed by atoms with Gasteiger partial charge >= 0.3 is 0 Å². The number of carbonyl (C=O) groups is 1. The number of rotatable bonds is 8. The number of carbonyl (C=O) groups excluding carboxylic acids is 1. The van der Waals surface area contributed by atoms with E-state index in [9.17, 15) is 4.79 Å². The Morgan fingerprint density at radius 3 is 2.56 bits per heavy atom. The zero-order chi connectivity index (χ0) is 13.4. The maximum atomic E-state index is 11.2. The molecule has 18 heavy (non-hydrogen) atoms. The summed E-state index contributed by atoms with van der Waals surface area (Å²) in [5.41, 5.74) is 0.658. The van der Waals surface area contributed by atoms with Crippen LogP contribution in [0.1, 0.15) is 17.3 Å². The van der Waals surface area contributed by atoms with Crippen LogP contribution in [0.5, 0.6) is 5.75 Å². The molecular formula is C13H17BrO4. The van der Waals surface area contributed by atoms with Gasteiger partial charge in [0.1, 0.15) is 12.4 Å². The topological polar surface area (TPSA) is 44.8 Å². The number of hydrogen-bond donors (Lipinski definition) is 0. The van der Waals surface area contributed by atoms with Crippen LogP contribution in [0.25, 0.3) is 0 Å². The van der Waals surface area contributed by atoms with Crippen molar-refractivity contribution < 1.29 is 19.0 Å². The molecule has 0 saturated heterocycles. The first-order chi connectivity index (χ1) is 8.65. The van der Waals surface area contributed by atoms with E-state index < -0.39 is 0 Å². The Morgan fingerprint density at radius 2 is 1.94 bits per heavy atom. The molecule has 0 atom stereocenters. The number of halogens is 1. The molecule has 100 valence electrons. The summed E-state index contributed by atoms with van der Waals surface area (Å²) >= 11 is 3.37. The summed E-state index contributed by atoms with van der Waals surface area (Å²) in [7, 11) is 1.63. The van der Waals surface area contributed by atoms with Gasteiger partial charge in [0.05, 0.1) is 24.3 Å². The van der Waals surface area contributed by atoms with Crippen molar-refractivity contribution in [1.82, 2.24) is 0 Å². The third-order valence-electron chi connectivity index (χ3n) is 2.26. The highest BCUT2D eigenvalue weighted by atomic mass is 79.9. The fourth-order valence-corrected chi connectivity index (χ4v) is 1.79. The van der Waals surface area contributed by atoms with Crippen LogP contribution in [0.2, 0.25) is 0 Å². The molecule has 0 saturated carbocycles. The van der Waals surface area contributed by atoms with Crippen LogP contribution in [0.3, 0.4) is 0 Å². The highest BCUT2D eigenvalue weighted by Gasteiger charge is 2.05. The monoisotopic (exact) mass is 316 g/mol. The van der Waals surface area contributed by atoms with E-state index in [1.54, 1.807) is 25.3 Å². The number of benzene rings is 1. The Morgan fingerprint density at radius 1 is 1.22 bits per heavy atom. The maximum Gasteiger partial charge on any atom is 0.159 e. The summed E-state index contributed by atoms with van der Waals surface area (Å²) in [5, 5.41) is 0. The molecule has 0 bridgehead atoms. The average molecular weight is 317 g/mol. The fourth-order valence-electron chi connectivity index (χ4n) is 1.29. The zero-order valence-corrected chi connectivity index (χ0v) is 12.2. The molecule has 0 aliphatic carbocycles. The smallest absolute Gasteiger partial charge is 0.159 e. The Kier molecular flexibility index (Phi) is 6.93. The second-order valence-corrected chi connectivity index (χ2v) is 4.51. The number of methoxy groups -OCH3 is 1. The van der Waals surface area contributed by atoms with Crippen molar-refractivity contribution in [3.05, 3.63) is 28.2 Å². The van der Waals surface area contributed by atoms with Crippen molar-refractivity contribution in [2.24, 2.45) is 0 Å². The van der Waals surface area contributed by atoms with Crippen LogP contribution in [-0.2, 0) is 9.47 Å². The van der Waals surface area contributed by atoms with Crippen LogP contribution in [0.4, 0.5) is 0 Å². The minimum atomic E-state index is 0.0325. The first kappa shape index (κ1) is 15.1. The second-order valence-electron chi connectivity index (χ2n) is 3.66. The Balaban J connectivity index is 2.36. The minimum Gasteiger partial charge on any atom is -0.490 e. The van der Waals surface area contributed by atoms with Crippen molar-refractivity contribution in [2.45, 2.75) is 6.92 Å². The molecule has 4 nitrogen and oxygen atoms in total. The lowest BCUT2D eigenvalue weighted by Crippen LogP contribution is -2.10. The van der Waals surface area contributed by atoms with Crippen molar-refractivity contribution in [3.63, 3.8) is 0 Å². The molecule has 0 aliphatic heterocycles. The summed E-state index contributed by atoms with van der Waals surface area (Å²) in [6.07, 6.45) is 0. The van der Waals surface area contributed by atoms with Gasteiger partial charge in [-0.2, -0.15) is 0 Å². The van der Waals surface area contributed by atoms with Crippen molar-refractivity contribution in [3.8, 4) is 5.75 Å². The van der Waals surface area contributed by atoms with E-state index in [0.717, 1.165) is 4.47 Å². The van der Waals surface area contributed by atoms with Crippen molar-refractivity contribution in [2.75, 3.05) is 33.5 Å². The van der Waals surface area contributed by atoms with E-state index in [2.05, 4.69) is 15.9 Å². The van der Waals surface area contributed by atoms with E-state index in [1.165, 1.54) is 6.92 Å². The van der Waals surface area contributed by atoms with Gasteiger partial charge in [-0.25, -0.2) is 0 Å². The maximum absolute atomic E-state index is 11.2. The number of ketones is 1. The van der Waals surface area contributed by atoms with Gasteiger partial charge in [0.2, 0.25) is 0 Å². The lowest BCUT2D eigenvalue weighted by molar-refractivity contribution is 0.0543. The highest BCUT2D eigenvalue weighted by Crippen LogP contribution is 2.26. The van der Waals surface area contributed by atoms with E-state index in [4.69, 9.17) is 14.2 Å². The van der Waals surface area contributed by atoms with Crippen LogP contribution < -0.4 is 4.74 Å². The van der Waals surface area contributed by atoms with Gasteiger partial charge < -0.3 is 14.2 Å². The second kappa shape index (κ2) is 8.24. The van der Waals surface area contributed by atoms with E-state index in [-0.39, 0.29) is 5.78 Å². The van der Waals surface area contributed by atoms with Gasteiger partial charge in [-0.3, -0.25) is 4.79 Å². The third-order valence-corrected chi connectivity index (χ3v) is 2.88. The van der Waals surface area contributed by atoms with Crippen LogP contribution in [-0.4, -0.2) is 39.3 Å². The summed E-state index contributed by atoms with van der Waals surface area (Å²) in [6, 6.07) is 5.27. The summed E-state index contributed by atoms with van der Waals surface area (Å²) < 4.78 is 16.4. The Labute approximate surface area is 115 Å². The van der Waals surface area contributed by atoms with Crippen LogP contribution >= 0.6 is 15.9 Å². The molecule has 0 unspecified atom stereocenters. The highest BCUT2D eigenvalue weighted by molar-refractivity contribution is 9.10. The van der Waals surface area contributed by atoms with E-state index in [0.29, 0.717) is 37.7 Å². The number of ether oxygens (including phenoxy) is 3. The van der Waals surface area contributed by atoms with Gasteiger partial charge in [-0.1, -0.05) is 0 Å². The molecule has 0 amide bonds. The molecule has 0 N–H and O–H groups in total. The fraction of sp³-hybridized carbons (Fsp3) is 0.462. The largest absolute Gasteiger partial charge is 0.490 e. The van der Waals surface area contributed by atoms with Gasteiger partial charge in [0.15, 0.2) is 5.78 Å². The molecule has 1 aromatic rings. The quantitative estimate of drug-likeness (QED) is 0.546. The number of hydrogen-bond acceptors (Lipinski definition) is 4. The molecule has 0 aliphatic rings. The molecule has 0 spiro atoms. The SMILES string of the molecule is COCCOCCOc1ccc(C(C)=O)cc1Br. The molecule has 0 heterocycles. The standard InChI is InChI=1S/C13H17BrO4/c1-10(15)11-3-4-13(12(14)9-11)18-8-7-17-6-5-16-2/h3-4,9H,5-8H2,1-2H3. The molecule has 0 aromatic heterocycles. The first-order valence-corrected chi connectivity index (χ1v) is 6.44. The summed E-state index contributed by atoms with van der Waals surface area (Å²) in [4.78, 5) is 11.2. The van der Waals surface area contributed by atoms with Crippen LogP contribution in [0, 0.1) is 0 Å².